The average molecular weight is 424 g/mol. The number of halogens is 3. The summed E-state index contributed by atoms with van der Waals surface area (Å²) in [6.45, 7) is 9.57. The zero-order valence-electron chi connectivity index (χ0n) is 17.3. The summed E-state index contributed by atoms with van der Waals surface area (Å²) < 4.78 is 40.8. The molecule has 7 heteroatoms. The SMILES string of the molecule is C=C(c1cc(F)c(F)c(F)c1)C1CCCN(C2=NC(c3ccncc3)=CC(=C)N2C)C1. The zero-order valence-corrected chi connectivity index (χ0v) is 17.3. The topological polar surface area (TPSA) is 31.7 Å². The summed E-state index contributed by atoms with van der Waals surface area (Å²) in [4.78, 5) is 13.0. The van der Waals surface area contributed by atoms with Crippen LogP contribution in [0.2, 0.25) is 0 Å². The molecule has 1 aromatic carbocycles. The summed E-state index contributed by atoms with van der Waals surface area (Å²) in [6, 6.07) is 5.81. The van der Waals surface area contributed by atoms with E-state index in [2.05, 4.69) is 23.0 Å². The van der Waals surface area contributed by atoms with Gasteiger partial charge in [-0.15, -0.1) is 0 Å². The molecule has 0 amide bonds. The Bertz CT molecular complexity index is 1070. The number of aromatic nitrogens is 1. The molecule has 3 heterocycles. The second-order valence-electron chi connectivity index (χ2n) is 7.79. The van der Waals surface area contributed by atoms with Gasteiger partial charge in [-0.3, -0.25) is 4.98 Å². The molecule has 1 aromatic heterocycles. The van der Waals surface area contributed by atoms with Crippen molar-refractivity contribution in [3.05, 3.63) is 90.2 Å². The Morgan fingerprint density at radius 3 is 2.48 bits per heavy atom. The predicted octanol–water partition coefficient (Wildman–Crippen LogP) is 5.08. The second kappa shape index (κ2) is 8.41. The van der Waals surface area contributed by atoms with E-state index in [9.17, 15) is 13.2 Å². The summed E-state index contributed by atoms with van der Waals surface area (Å²) in [5, 5.41) is 0. The number of allylic oxidation sites excluding steroid dienone is 1. The number of benzene rings is 1. The van der Waals surface area contributed by atoms with Gasteiger partial charge >= 0.3 is 0 Å². The van der Waals surface area contributed by atoms with Gasteiger partial charge in [-0.2, -0.15) is 0 Å². The van der Waals surface area contributed by atoms with Crippen LogP contribution in [0.1, 0.15) is 24.0 Å². The number of likely N-dealkylation sites (N-methyl/N-ethyl adjacent to an activating group) is 1. The molecule has 0 spiro atoms. The van der Waals surface area contributed by atoms with Gasteiger partial charge in [0.1, 0.15) is 0 Å². The highest BCUT2D eigenvalue weighted by Gasteiger charge is 2.29. The molecule has 2 aliphatic heterocycles. The molecule has 2 aliphatic rings. The Balaban J connectivity index is 1.59. The molecule has 4 nitrogen and oxygen atoms in total. The number of aliphatic imine (C=N–C) groups is 1. The lowest BCUT2D eigenvalue weighted by molar-refractivity contribution is 0.275. The highest BCUT2D eigenvalue weighted by molar-refractivity contribution is 5.91. The van der Waals surface area contributed by atoms with Crippen LogP contribution < -0.4 is 0 Å². The van der Waals surface area contributed by atoms with Crippen LogP contribution in [0.5, 0.6) is 0 Å². The molecule has 1 unspecified atom stereocenters. The Kier molecular flexibility index (Phi) is 5.67. The van der Waals surface area contributed by atoms with Gasteiger partial charge in [0.2, 0.25) is 5.96 Å². The van der Waals surface area contributed by atoms with E-state index in [-0.39, 0.29) is 11.5 Å². The predicted molar refractivity (Wildman–Crippen MR) is 116 cm³/mol. The molecule has 160 valence electrons. The number of nitrogens with zero attached hydrogens (tertiary/aromatic N) is 4. The van der Waals surface area contributed by atoms with Crippen molar-refractivity contribution >= 4 is 17.2 Å². The fraction of sp³-hybridized carbons (Fsp3) is 0.250. The molecule has 0 N–H and O–H groups in total. The van der Waals surface area contributed by atoms with Gasteiger partial charge in [0.05, 0.1) is 5.70 Å². The van der Waals surface area contributed by atoms with E-state index in [1.807, 2.05) is 30.2 Å². The number of rotatable bonds is 3. The van der Waals surface area contributed by atoms with Crippen molar-refractivity contribution in [2.24, 2.45) is 10.9 Å². The minimum Gasteiger partial charge on any atom is -0.342 e. The minimum absolute atomic E-state index is 0.0438. The molecule has 1 fully saturated rings. The quantitative estimate of drug-likeness (QED) is 0.644. The minimum atomic E-state index is -1.46. The van der Waals surface area contributed by atoms with Crippen LogP contribution in [-0.4, -0.2) is 40.9 Å². The number of pyridine rings is 1. The van der Waals surface area contributed by atoms with Gasteiger partial charge < -0.3 is 9.80 Å². The number of guanidine groups is 1. The summed E-state index contributed by atoms with van der Waals surface area (Å²) in [7, 11) is 1.91. The summed E-state index contributed by atoms with van der Waals surface area (Å²) in [6.07, 6.45) is 7.04. The van der Waals surface area contributed by atoms with Crippen molar-refractivity contribution in [3.8, 4) is 0 Å². The standard InChI is InChI=1S/C24H23F3N4/c1-15-11-22(17-6-8-28-9-7-17)29-24(30(15)3)31-10-4-5-18(14-31)16(2)19-12-20(25)23(27)21(26)13-19/h6-9,11-13,18H,1-2,4-5,10,14H2,3H3. The Morgan fingerprint density at radius 2 is 1.81 bits per heavy atom. The Hall–Kier alpha value is -3.35. The fourth-order valence-electron chi connectivity index (χ4n) is 3.97. The maximum Gasteiger partial charge on any atom is 0.206 e. The van der Waals surface area contributed by atoms with Gasteiger partial charge in [-0.1, -0.05) is 13.2 Å². The zero-order chi connectivity index (χ0) is 22.1. The molecular formula is C24H23F3N4. The van der Waals surface area contributed by atoms with Crippen molar-refractivity contribution in [1.82, 2.24) is 14.8 Å². The van der Waals surface area contributed by atoms with Crippen molar-refractivity contribution in [2.45, 2.75) is 12.8 Å². The van der Waals surface area contributed by atoms with E-state index in [1.54, 1.807) is 12.4 Å². The largest absolute Gasteiger partial charge is 0.342 e. The third-order valence-corrected chi connectivity index (χ3v) is 5.78. The third kappa shape index (κ3) is 4.13. The van der Waals surface area contributed by atoms with Crippen LogP contribution in [-0.2, 0) is 0 Å². The third-order valence-electron chi connectivity index (χ3n) is 5.78. The molecule has 0 aliphatic carbocycles. The first kappa shape index (κ1) is 20.9. The molecule has 1 atom stereocenters. The van der Waals surface area contributed by atoms with E-state index in [1.165, 1.54) is 0 Å². The smallest absolute Gasteiger partial charge is 0.206 e. The Labute approximate surface area is 179 Å². The van der Waals surface area contributed by atoms with Gasteiger partial charge in [0.25, 0.3) is 0 Å². The van der Waals surface area contributed by atoms with Gasteiger partial charge in [0, 0.05) is 49.7 Å². The second-order valence-corrected chi connectivity index (χ2v) is 7.79. The van der Waals surface area contributed by atoms with E-state index >= 15 is 0 Å². The van der Waals surface area contributed by atoms with E-state index in [0.717, 1.165) is 54.4 Å². The van der Waals surface area contributed by atoms with Crippen molar-refractivity contribution in [2.75, 3.05) is 20.1 Å². The highest BCUT2D eigenvalue weighted by atomic mass is 19.2. The number of hydrogen-bond donors (Lipinski definition) is 0. The van der Waals surface area contributed by atoms with Gasteiger partial charge in [-0.05, 0) is 54.3 Å². The van der Waals surface area contributed by atoms with E-state index in [4.69, 9.17) is 4.99 Å². The highest BCUT2D eigenvalue weighted by Crippen LogP contribution is 2.33. The van der Waals surface area contributed by atoms with E-state index in [0.29, 0.717) is 12.1 Å². The van der Waals surface area contributed by atoms with Crippen molar-refractivity contribution < 1.29 is 13.2 Å². The molecular weight excluding hydrogens is 401 g/mol. The first-order valence-electron chi connectivity index (χ1n) is 10.1. The maximum atomic E-state index is 13.7. The molecule has 0 bridgehead atoms. The summed E-state index contributed by atoms with van der Waals surface area (Å²) in [5.41, 5.74) is 3.41. The van der Waals surface area contributed by atoms with Gasteiger partial charge in [-0.25, -0.2) is 18.2 Å². The number of piperidine rings is 1. The van der Waals surface area contributed by atoms with E-state index < -0.39 is 17.5 Å². The Morgan fingerprint density at radius 1 is 1.13 bits per heavy atom. The normalized spacial score (nSPS) is 19.2. The molecule has 1 saturated heterocycles. The summed E-state index contributed by atoms with van der Waals surface area (Å²) in [5.74, 6) is -3.16. The number of likely N-dealkylation sites (tertiary alicyclic amines) is 1. The lowest BCUT2D eigenvalue weighted by atomic mass is 9.87. The van der Waals surface area contributed by atoms with Crippen LogP contribution in [0.25, 0.3) is 11.3 Å². The molecule has 4 rings (SSSR count). The van der Waals surface area contributed by atoms with Crippen molar-refractivity contribution in [1.29, 1.82) is 0 Å². The van der Waals surface area contributed by atoms with Crippen molar-refractivity contribution in [3.63, 3.8) is 0 Å². The number of hydrogen-bond acceptors (Lipinski definition) is 4. The van der Waals surface area contributed by atoms with Crippen LogP contribution in [0.4, 0.5) is 13.2 Å². The first-order chi connectivity index (χ1) is 14.8. The lowest BCUT2D eigenvalue weighted by Gasteiger charge is -2.40. The van der Waals surface area contributed by atoms with Crippen LogP contribution >= 0.6 is 0 Å². The van der Waals surface area contributed by atoms with Gasteiger partial charge in [0.15, 0.2) is 17.5 Å². The fourth-order valence-corrected chi connectivity index (χ4v) is 3.97. The molecule has 0 saturated carbocycles. The van der Waals surface area contributed by atoms with Crippen LogP contribution in [0.3, 0.4) is 0 Å². The van der Waals surface area contributed by atoms with Crippen LogP contribution in [0.15, 0.2) is 66.6 Å². The monoisotopic (exact) mass is 424 g/mol. The maximum absolute atomic E-state index is 13.7. The van der Waals surface area contributed by atoms with Crippen LogP contribution in [0, 0.1) is 23.4 Å². The molecule has 31 heavy (non-hydrogen) atoms. The molecule has 2 aromatic rings. The molecule has 0 radical (unpaired) electrons. The lowest BCUT2D eigenvalue weighted by Crippen LogP contribution is -2.47. The summed E-state index contributed by atoms with van der Waals surface area (Å²) >= 11 is 0. The first-order valence-corrected chi connectivity index (χ1v) is 10.1. The average Bonchev–Trinajstić information content (AvgIpc) is 2.79.